The summed E-state index contributed by atoms with van der Waals surface area (Å²) in [6, 6.07) is 21.3. The Hall–Kier alpha value is -1.74. The first-order chi connectivity index (χ1) is 31.0. The predicted octanol–water partition coefficient (Wildman–Crippen LogP) is 9.97. The number of rotatable bonds is 47. The van der Waals surface area contributed by atoms with Gasteiger partial charge in [0.15, 0.2) is 0 Å². The molecule has 0 amide bonds. The van der Waals surface area contributed by atoms with Crippen LogP contribution >= 0.6 is 0 Å². The molecule has 0 aliphatic carbocycles. The molecule has 0 aliphatic heterocycles. The van der Waals surface area contributed by atoms with E-state index in [2.05, 4.69) is 88.4 Å². The smallest absolute Gasteiger partial charge is 0.261 e. The van der Waals surface area contributed by atoms with Crippen molar-refractivity contribution in [2.24, 2.45) is 0 Å². The first-order valence-corrected chi connectivity index (χ1v) is 26.9. The van der Waals surface area contributed by atoms with Crippen LogP contribution in [0.15, 0.2) is 60.7 Å². The minimum absolute atomic E-state index is 0.0536. The van der Waals surface area contributed by atoms with Gasteiger partial charge in [-0.25, -0.2) is 0 Å². The fraction of sp³-hybridized carbons (Fsp3) is 0.769. The molecular weight excluding hydrogens is 813 g/mol. The summed E-state index contributed by atoms with van der Waals surface area (Å²) in [5, 5.41) is 2.49. The number of benzene rings is 2. The molecule has 2 aromatic carbocycles. The molecule has 0 aliphatic rings. The zero-order chi connectivity index (χ0) is 45.0. The molecular formula is C52H92O10Si. The first-order valence-electron chi connectivity index (χ1n) is 25.0. The predicted molar refractivity (Wildman–Crippen MR) is 260 cm³/mol. The van der Waals surface area contributed by atoms with Gasteiger partial charge in [0.1, 0.15) is 0 Å². The molecule has 10 nitrogen and oxygen atoms in total. The topological polar surface area (TPSA) is 92.3 Å². The summed E-state index contributed by atoms with van der Waals surface area (Å²) < 4.78 is 57.6. The molecule has 0 bridgehead atoms. The molecule has 0 aromatic heterocycles. The van der Waals surface area contributed by atoms with Crippen LogP contribution in [0.4, 0.5) is 0 Å². The minimum atomic E-state index is -2.54. The fourth-order valence-corrected chi connectivity index (χ4v) is 12.2. The third-order valence-corrected chi connectivity index (χ3v) is 16.1. The number of ether oxygens (including phenoxy) is 9. The second-order valence-electron chi connectivity index (χ2n) is 17.3. The van der Waals surface area contributed by atoms with Crippen molar-refractivity contribution in [3.8, 4) is 0 Å². The van der Waals surface area contributed by atoms with E-state index in [-0.39, 0.29) is 5.04 Å². The Morgan fingerprint density at radius 3 is 0.810 bits per heavy atom. The Labute approximate surface area is 386 Å². The molecule has 0 heterocycles. The molecule has 0 radical (unpaired) electrons. The highest BCUT2D eigenvalue weighted by atomic mass is 28.4. The van der Waals surface area contributed by atoms with Gasteiger partial charge in [-0.05, 0) is 21.8 Å². The molecule has 0 fully saturated rings. The van der Waals surface area contributed by atoms with Crippen molar-refractivity contribution in [1.82, 2.24) is 0 Å². The lowest BCUT2D eigenvalue weighted by Gasteiger charge is -2.43. The van der Waals surface area contributed by atoms with Gasteiger partial charge in [0.2, 0.25) is 0 Å². The Kier molecular flexibility index (Phi) is 38.0. The number of hydrogen-bond acceptors (Lipinski definition) is 10. The summed E-state index contributed by atoms with van der Waals surface area (Å²) >= 11 is 0. The molecule has 0 saturated heterocycles. The van der Waals surface area contributed by atoms with Gasteiger partial charge in [-0.1, -0.05) is 185 Å². The molecule has 63 heavy (non-hydrogen) atoms. The highest BCUT2D eigenvalue weighted by molar-refractivity contribution is 6.99. The van der Waals surface area contributed by atoms with E-state index < -0.39 is 8.32 Å². The fourth-order valence-electron chi connectivity index (χ4n) is 7.63. The Balaban J connectivity index is 1.23. The molecule has 0 atom stereocenters. The van der Waals surface area contributed by atoms with E-state index in [0.717, 1.165) is 13.0 Å². The van der Waals surface area contributed by atoms with Gasteiger partial charge in [0.05, 0.1) is 119 Å². The van der Waals surface area contributed by atoms with Gasteiger partial charge in [-0.2, -0.15) is 0 Å². The molecule has 0 N–H and O–H groups in total. The van der Waals surface area contributed by atoms with E-state index in [4.69, 9.17) is 47.1 Å². The van der Waals surface area contributed by atoms with E-state index in [1.807, 2.05) is 0 Å². The summed E-state index contributed by atoms with van der Waals surface area (Å²) in [7, 11) is -2.54. The summed E-state index contributed by atoms with van der Waals surface area (Å²) in [5.74, 6) is 0. The van der Waals surface area contributed by atoms with Gasteiger partial charge in [-0.3, -0.25) is 0 Å². The van der Waals surface area contributed by atoms with Crippen LogP contribution in [0.25, 0.3) is 0 Å². The summed E-state index contributed by atoms with van der Waals surface area (Å²) in [4.78, 5) is 0. The summed E-state index contributed by atoms with van der Waals surface area (Å²) in [5.41, 5.74) is 0. The maximum Gasteiger partial charge on any atom is 0.261 e. The minimum Gasteiger partial charge on any atom is -0.405 e. The van der Waals surface area contributed by atoms with Gasteiger partial charge < -0.3 is 47.1 Å². The quantitative estimate of drug-likeness (QED) is 0.0472. The van der Waals surface area contributed by atoms with Gasteiger partial charge in [0, 0.05) is 6.61 Å². The average Bonchev–Trinajstić information content (AvgIpc) is 3.29. The maximum atomic E-state index is 6.86. The van der Waals surface area contributed by atoms with Gasteiger partial charge in [0.25, 0.3) is 8.32 Å². The molecule has 2 aromatic rings. The van der Waals surface area contributed by atoms with Gasteiger partial charge >= 0.3 is 0 Å². The van der Waals surface area contributed by atoms with E-state index in [1.165, 1.54) is 107 Å². The lowest BCUT2D eigenvalue weighted by Crippen LogP contribution is -2.66. The van der Waals surface area contributed by atoms with Crippen LogP contribution in [-0.2, 0) is 47.1 Å². The van der Waals surface area contributed by atoms with Crippen LogP contribution < -0.4 is 10.4 Å². The lowest BCUT2D eigenvalue weighted by atomic mass is 10.0. The van der Waals surface area contributed by atoms with Crippen molar-refractivity contribution in [3.63, 3.8) is 0 Å². The SMILES string of the molecule is CCCCCCCCCCCCCCCCCCOCCOCCOCCOCCOCCOCCOCCOCCOCCO[Si](c1ccccc1)(c1ccccc1)C(C)(C)C. The van der Waals surface area contributed by atoms with Crippen molar-refractivity contribution < 1.29 is 47.1 Å². The number of unbranched alkanes of at least 4 members (excludes halogenated alkanes) is 15. The second-order valence-corrected chi connectivity index (χ2v) is 21.6. The molecule has 0 spiro atoms. The van der Waals surface area contributed by atoms with Crippen LogP contribution in [0.3, 0.4) is 0 Å². The van der Waals surface area contributed by atoms with Crippen molar-refractivity contribution in [2.75, 3.05) is 126 Å². The number of hydrogen-bond donors (Lipinski definition) is 0. The van der Waals surface area contributed by atoms with E-state index in [1.54, 1.807) is 0 Å². The largest absolute Gasteiger partial charge is 0.405 e. The van der Waals surface area contributed by atoms with Crippen LogP contribution in [-0.4, -0.2) is 134 Å². The van der Waals surface area contributed by atoms with Crippen LogP contribution in [0.1, 0.15) is 130 Å². The summed E-state index contributed by atoms with van der Waals surface area (Å²) in [6.45, 7) is 19.7. The average molecular weight is 905 g/mol. The first kappa shape index (κ1) is 57.4. The molecule has 0 saturated carbocycles. The third-order valence-electron chi connectivity index (χ3n) is 11.1. The molecule has 2 rings (SSSR count). The molecule has 11 heteroatoms. The van der Waals surface area contributed by atoms with E-state index in [0.29, 0.717) is 119 Å². The summed E-state index contributed by atoms with van der Waals surface area (Å²) in [6.07, 6.45) is 22.2. The Morgan fingerprint density at radius 1 is 0.302 bits per heavy atom. The molecule has 364 valence electrons. The van der Waals surface area contributed by atoms with Crippen LogP contribution in [0.2, 0.25) is 5.04 Å². The monoisotopic (exact) mass is 905 g/mol. The Bertz CT molecular complexity index is 1180. The zero-order valence-electron chi connectivity index (χ0n) is 40.6. The van der Waals surface area contributed by atoms with Crippen molar-refractivity contribution in [2.45, 2.75) is 135 Å². The van der Waals surface area contributed by atoms with Crippen molar-refractivity contribution >= 4 is 18.7 Å². The van der Waals surface area contributed by atoms with Crippen molar-refractivity contribution in [1.29, 1.82) is 0 Å². The lowest BCUT2D eigenvalue weighted by molar-refractivity contribution is -0.0254. The third kappa shape index (κ3) is 30.2. The van der Waals surface area contributed by atoms with E-state index >= 15 is 0 Å². The normalized spacial score (nSPS) is 12.1. The maximum absolute atomic E-state index is 6.86. The highest BCUT2D eigenvalue weighted by Crippen LogP contribution is 2.36. The second kappa shape index (κ2) is 41.7. The Morgan fingerprint density at radius 2 is 0.540 bits per heavy atom. The van der Waals surface area contributed by atoms with Crippen molar-refractivity contribution in [3.05, 3.63) is 60.7 Å². The highest BCUT2D eigenvalue weighted by Gasteiger charge is 2.50. The van der Waals surface area contributed by atoms with Crippen LogP contribution in [0.5, 0.6) is 0 Å². The van der Waals surface area contributed by atoms with Crippen LogP contribution in [0, 0.1) is 0 Å². The zero-order valence-corrected chi connectivity index (χ0v) is 41.6. The molecule has 0 unspecified atom stereocenters. The standard InChI is InChI=1S/C52H92O10Si/c1-5-6-7-8-9-10-11-12-13-14-15-16-17-18-19-26-31-53-32-33-54-34-35-55-36-37-56-38-39-57-40-41-58-42-43-59-44-45-60-46-47-61-48-49-62-63(52(2,3)4,50-27-22-20-23-28-50)51-29-24-21-25-30-51/h20-25,27-30H,5-19,26,31-49H2,1-4H3. The van der Waals surface area contributed by atoms with Gasteiger partial charge in [-0.15, -0.1) is 0 Å². The van der Waals surface area contributed by atoms with E-state index in [9.17, 15) is 0 Å².